The summed E-state index contributed by atoms with van der Waals surface area (Å²) < 4.78 is 0. The molecule has 6 heteroatoms. The molecule has 1 aliphatic heterocycles. The van der Waals surface area contributed by atoms with Gasteiger partial charge in [-0.2, -0.15) is 0 Å². The molecule has 0 fully saturated rings. The topological polar surface area (TPSA) is 52.7 Å². The number of rotatable bonds is 5. The van der Waals surface area contributed by atoms with Crippen LogP contribution < -0.4 is 15.1 Å². The van der Waals surface area contributed by atoms with Crippen molar-refractivity contribution < 1.29 is 9.59 Å². The molecule has 3 aromatic rings. The first kappa shape index (κ1) is 20.7. The number of nitrogens with one attached hydrogen (secondary N) is 1. The molecule has 3 aromatic carbocycles. The first-order valence-electron chi connectivity index (χ1n) is 9.86. The van der Waals surface area contributed by atoms with Crippen molar-refractivity contribution in [1.82, 2.24) is 0 Å². The lowest BCUT2D eigenvalue weighted by molar-refractivity contribution is -0.120. The van der Waals surface area contributed by atoms with Crippen molar-refractivity contribution in [2.24, 2.45) is 0 Å². The largest absolute Gasteiger partial charge is 0.378 e. The summed E-state index contributed by atoms with van der Waals surface area (Å²) in [5, 5.41) is 3.77. The lowest BCUT2D eigenvalue weighted by atomic mass is 10.0. The van der Waals surface area contributed by atoms with Crippen LogP contribution in [-0.2, 0) is 9.59 Å². The number of benzene rings is 3. The number of nitrogens with zero attached hydrogens (tertiary/aromatic N) is 2. The highest BCUT2D eigenvalue weighted by atomic mass is 35.5. The summed E-state index contributed by atoms with van der Waals surface area (Å²) in [6, 6.07) is 21.9. The number of carbonyl (C=O) groups excluding carboxylic acids is 2. The molecule has 4 rings (SSSR count). The first-order valence-corrected chi connectivity index (χ1v) is 10.2. The fraction of sp³-hybridized carbons (Fsp3) is 0.120. The van der Waals surface area contributed by atoms with Crippen LogP contribution in [0.5, 0.6) is 0 Å². The van der Waals surface area contributed by atoms with E-state index in [4.69, 9.17) is 11.6 Å². The number of amides is 2. The second-order valence-corrected chi connectivity index (χ2v) is 7.99. The van der Waals surface area contributed by atoms with Gasteiger partial charge in [-0.05, 0) is 54.4 Å². The van der Waals surface area contributed by atoms with E-state index in [-0.39, 0.29) is 11.6 Å². The summed E-state index contributed by atoms with van der Waals surface area (Å²) in [4.78, 5) is 30.2. The van der Waals surface area contributed by atoms with Gasteiger partial charge in [-0.3, -0.25) is 9.59 Å². The number of aryl methyl sites for hydroxylation is 1. The molecule has 0 aliphatic carbocycles. The quantitative estimate of drug-likeness (QED) is 0.570. The van der Waals surface area contributed by atoms with Gasteiger partial charge in [0.15, 0.2) is 0 Å². The van der Waals surface area contributed by atoms with Crippen LogP contribution in [0.3, 0.4) is 0 Å². The predicted octanol–water partition coefficient (Wildman–Crippen LogP) is 5.11. The van der Waals surface area contributed by atoms with Gasteiger partial charge < -0.3 is 10.2 Å². The standard InChI is InChI=1S/C25H22ClN3O2/c1-16-7-4-5-10-21(16)27-23-22(17-11-13-18(26)14-12-17)24(30)29(25(23)31)20-9-6-8-19(15-20)28(2)3/h4-15,27H,1-3H3. The molecule has 1 aliphatic rings. The van der Waals surface area contributed by atoms with Gasteiger partial charge in [0.25, 0.3) is 11.8 Å². The van der Waals surface area contributed by atoms with E-state index in [1.807, 2.05) is 68.4 Å². The van der Waals surface area contributed by atoms with E-state index in [0.29, 0.717) is 21.8 Å². The Morgan fingerprint density at radius 1 is 0.871 bits per heavy atom. The van der Waals surface area contributed by atoms with Crippen LogP contribution >= 0.6 is 11.6 Å². The zero-order valence-corrected chi connectivity index (χ0v) is 18.3. The maximum absolute atomic E-state index is 13.5. The number of anilines is 3. The molecule has 0 spiro atoms. The van der Waals surface area contributed by atoms with Crippen LogP contribution in [0.25, 0.3) is 5.57 Å². The molecule has 0 saturated heterocycles. The zero-order chi connectivity index (χ0) is 22.1. The Bertz CT molecular complexity index is 1200. The molecule has 0 atom stereocenters. The number of halogens is 1. The number of imide groups is 1. The molecule has 0 aromatic heterocycles. The molecule has 156 valence electrons. The van der Waals surface area contributed by atoms with Crippen LogP contribution in [0.4, 0.5) is 17.1 Å². The summed E-state index contributed by atoms with van der Waals surface area (Å²) in [5.74, 6) is -0.770. The molecule has 2 amide bonds. The van der Waals surface area contributed by atoms with E-state index in [2.05, 4.69) is 5.32 Å². The minimum atomic E-state index is -0.394. The predicted molar refractivity (Wildman–Crippen MR) is 126 cm³/mol. The molecular formula is C25H22ClN3O2. The van der Waals surface area contributed by atoms with Crippen LogP contribution in [0.2, 0.25) is 5.02 Å². The van der Waals surface area contributed by atoms with Crippen LogP contribution in [0, 0.1) is 6.92 Å². The molecular weight excluding hydrogens is 410 g/mol. The molecule has 0 unspecified atom stereocenters. The second-order valence-electron chi connectivity index (χ2n) is 7.56. The highest BCUT2D eigenvalue weighted by Crippen LogP contribution is 2.35. The Kier molecular flexibility index (Phi) is 5.53. The number of hydrogen-bond acceptors (Lipinski definition) is 4. The summed E-state index contributed by atoms with van der Waals surface area (Å²) in [6.45, 7) is 1.95. The van der Waals surface area contributed by atoms with Crippen LogP contribution in [0.15, 0.2) is 78.5 Å². The van der Waals surface area contributed by atoms with Crippen molar-refractivity contribution in [2.75, 3.05) is 29.2 Å². The van der Waals surface area contributed by atoms with E-state index in [1.54, 1.807) is 30.3 Å². The maximum atomic E-state index is 13.5. The fourth-order valence-electron chi connectivity index (χ4n) is 3.52. The van der Waals surface area contributed by atoms with Gasteiger partial charge in [0.05, 0.1) is 11.3 Å². The monoisotopic (exact) mass is 431 g/mol. The van der Waals surface area contributed by atoms with Gasteiger partial charge in [-0.15, -0.1) is 0 Å². The highest BCUT2D eigenvalue weighted by Gasteiger charge is 2.40. The smallest absolute Gasteiger partial charge is 0.282 e. The first-order chi connectivity index (χ1) is 14.9. The van der Waals surface area contributed by atoms with Gasteiger partial charge in [0.1, 0.15) is 5.70 Å². The van der Waals surface area contributed by atoms with Crippen LogP contribution in [-0.4, -0.2) is 25.9 Å². The van der Waals surface area contributed by atoms with Gasteiger partial charge in [0.2, 0.25) is 0 Å². The van der Waals surface area contributed by atoms with Crippen molar-refractivity contribution in [2.45, 2.75) is 6.92 Å². The van der Waals surface area contributed by atoms with Crippen molar-refractivity contribution in [3.63, 3.8) is 0 Å². The van der Waals surface area contributed by atoms with Gasteiger partial charge in [-0.25, -0.2) is 4.90 Å². The van der Waals surface area contributed by atoms with Crippen LogP contribution in [0.1, 0.15) is 11.1 Å². The summed E-state index contributed by atoms with van der Waals surface area (Å²) in [7, 11) is 3.82. The average Bonchev–Trinajstić information content (AvgIpc) is 3.00. The molecule has 0 saturated carbocycles. The Morgan fingerprint density at radius 2 is 1.58 bits per heavy atom. The molecule has 1 N–H and O–H groups in total. The Hall–Kier alpha value is -3.57. The lowest BCUT2D eigenvalue weighted by Gasteiger charge is -2.19. The van der Waals surface area contributed by atoms with Gasteiger partial charge in [-0.1, -0.05) is 48.0 Å². The zero-order valence-electron chi connectivity index (χ0n) is 17.5. The SMILES string of the molecule is Cc1ccccc1NC1=C(c2ccc(Cl)cc2)C(=O)N(c2cccc(N(C)C)c2)C1=O. The van der Waals surface area contributed by atoms with E-state index in [9.17, 15) is 9.59 Å². The van der Waals surface area contributed by atoms with Crippen molar-refractivity contribution in [3.05, 3.63) is 94.6 Å². The third-order valence-electron chi connectivity index (χ3n) is 5.23. The molecule has 0 bridgehead atoms. The number of para-hydroxylation sites is 1. The fourth-order valence-corrected chi connectivity index (χ4v) is 3.65. The molecule has 5 nitrogen and oxygen atoms in total. The Labute approximate surface area is 186 Å². The Balaban J connectivity index is 1.83. The third kappa shape index (κ3) is 3.92. The summed E-state index contributed by atoms with van der Waals surface area (Å²) in [5.41, 5.74) is 4.36. The van der Waals surface area contributed by atoms with E-state index in [1.165, 1.54) is 4.90 Å². The van der Waals surface area contributed by atoms with E-state index in [0.717, 1.165) is 16.9 Å². The highest BCUT2D eigenvalue weighted by molar-refractivity contribution is 6.46. The number of hydrogen-bond donors (Lipinski definition) is 1. The minimum absolute atomic E-state index is 0.247. The third-order valence-corrected chi connectivity index (χ3v) is 5.48. The van der Waals surface area contributed by atoms with Crippen molar-refractivity contribution in [3.8, 4) is 0 Å². The lowest BCUT2D eigenvalue weighted by Crippen LogP contribution is -2.32. The minimum Gasteiger partial charge on any atom is -0.378 e. The number of carbonyl (C=O) groups is 2. The van der Waals surface area contributed by atoms with E-state index < -0.39 is 5.91 Å². The van der Waals surface area contributed by atoms with Crippen molar-refractivity contribution in [1.29, 1.82) is 0 Å². The molecule has 0 radical (unpaired) electrons. The van der Waals surface area contributed by atoms with Gasteiger partial charge in [0, 0.05) is 30.5 Å². The summed E-state index contributed by atoms with van der Waals surface area (Å²) >= 11 is 6.04. The molecule has 1 heterocycles. The maximum Gasteiger partial charge on any atom is 0.282 e. The van der Waals surface area contributed by atoms with Gasteiger partial charge >= 0.3 is 0 Å². The second kappa shape index (κ2) is 8.28. The molecule has 31 heavy (non-hydrogen) atoms. The van der Waals surface area contributed by atoms with E-state index >= 15 is 0 Å². The average molecular weight is 432 g/mol. The normalized spacial score (nSPS) is 13.7. The Morgan fingerprint density at radius 3 is 2.26 bits per heavy atom. The summed E-state index contributed by atoms with van der Waals surface area (Å²) in [6.07, 6.45) is 0. The van der Waals surface area contributed by atoms with Crippen molar-refractivity contribution >= 4 is 46.1 Å².